The maximum atomic E-state index is 13.1. The molecule has 0 aliphatic carbocycles. The van der Waals surface area contributed by atoms with Gasteiger partial charge in [-0.15, -0.1) is 0 Å². The number of nitrogens with one attached hydrogen (secondary N) is 2. The van der Waals surface area contributed by atoms with Crippen LogP contribution in [0.2, 0.25) is 0 Å². The lowest BCUT2D eigenvalue weighted by atomic mass is 9.87. The minimum absolute atomic E-state index is 0.349. The lowest BCUT2D eigenvalue weighted by Gasteiger charge is -2.25. The average Bonchev–Trinajstić information content (AvgIpc) is 2.99. The second-order valence-electron chi connectivity index (χ2n) is 7.48. The van der Waals surface area contributed by atoms with Crippen LogP contribution in [0.5, 0.6) is 5.75 Å². The van der Waals surface area contributed by atoms with Crippen molar-refractivity contribution in [3.8, 4) is 5.75 Å². The van der Waals surface area contributed by atoms with Gasteiger partial charge in [-0.25, -0.2) is 4.79 Å². The van der Waals surface area contributed by atoms with Gasteiger partial charge in [-0.05, 0) is 31.9 Å². The van der Waals surface area contributed by atoms with Crippen LogP contribution in [0.15, 0.2) is 48.5 Å². The summed E-state index contributed by atoms with van der Waals surface area (Å²) in [5.74, 6) is -0.177. The normalized spacial score (nSPS) is 19.4. The van der Waals surface area contributed by atoms with Crippen LogP contribution < -0.4 is 15.4 Å². The van der Waals surface area contributed by atoms with Crippen molar-refractivity contribution in [2.24, 2.45) is 0 Å². The van der Waals surface area contributed by atoms with E-state index in [1.165, 1.54) is 0 Å². The highest BCUT2D eigenvalue weighted by Gasteiger charge is 2.51. The third kappa shape index (κ3) is 3.87. The molecule has 2 N–H and O–H groups in total. The van der Waals surface area contributed by atoms with Gasteiger partial charge in [0.1, 0.15) is 17.8 Å². The molecule has 1 saturated heterocycles. The Hall–Kier alpha value is -3.35. The number of benzene rings is 2. The van der Waals surface area contributed by atoms with Crippen LogP contribution in [-0.4, -0.2) is 36.4 Å². The number of amides is 4. The van der Waals surface area contributed by atoms with Gasteiger partial charge in [0, 0.05) is 5.56 Å². The Bertz CT molecular complexity index is 960. The van der Waals surface area contributed by atoms with E-state index < -0.39 is 23.4 Å². The molecule has 2 atom stereocenters. The van der Waals surface area contributed by atoms with Crippen LogP contribution in [0.25, 0.3) is 0 Å². The summed E-state index contributed by atoms with van der Waals surface area (Å²) in [6.07, 6.45) is 0.386. The van der Waals surface area contributed by atoms with Gasteiger partial charge in [0.2, 0.25) is 5.91 Å². The van der Waals surface area contributed by atoms with E-state index in [2.05, 4.69) is 10.6 Å². The van der Waals surface area contributed by atoms with Crippen molar-refractivity contribution in [1.29, 1.82) is 0 Å². The number of carbonyl (C=O) groups excluding carboxylic acids is 3. The van der Waals surface area contributed by atoms with Gasteiger partial charge in [0.05, 0.1) is 13.2 Å². The maximum absolute atomic E-state index is 13.1. The van der Waals surface area contributed by atoms with Gasteiger partial charge >= 0.3 is 6.03 Å². The maximum Gasteiger partial charge on any atom is 0.325 e. The Morgan fingerprint density at radius 1 is 1.20 bits per heavy atom. The number of imide groups is 1. The van der Waals surface area contributed by atoms with Crippen LogP contribution in [0.4, 0.5) is 4.79 Å². The van der Waals surface area contributed by atoms with Crippen molar-refractivity contribution < 1.29 is 19.1 Å². The van der Waals surface area contributed by atoms with Crippen molar-refractivity contribution in [3.05, 3.63) is 65.2 Å². The Morgan fingerprint density at radius 3 is 2.53 bits per heavy atom. The third-order valence-corrected chi connectivity index (χ3v) is 5.50. The predicted octanol–water partition coefficient (Wildman–Crippen LogP) is 3.04. The topological polar surface area (TPSA) is 87.7 Å². The van der Waals surface area contributed by atoms with Crippen molar-refractivity contribution in [1.82, 2.24) is 15.5 Å². The smallest absolute Gasteiger partial charge is 0.325 e. The summed E-state index contributed by atoms with van der Waals surface area (Å²) >= 11 is 0. The van der Waals surface area contributed by atoms with E-state index in [-0.39, 0.29) is 12.6 Å². The summed E-state index contributed by atoms with van der Waals surface area (Å²) in [4.78, 5) is 39.4. The van der Waals surface area contributed by atoms with Gasteiger partial charge in [0.15, 0.2) is 0 Å². The molecule has 1 fully saturated rings. The van der Waals surface area contributed by atoms with Crippen LogP contribution >= 0.6 is 0 Å². The molecule has 0 aromatic heterocycles. The summed E-state index contributed by atoms with van der Waals surface area (Å²) in [5.41, 5.74) is 1.42. The zero-order valence-corrected chi connectivity index (χ0v) is 17.7. The number of nitrogens with zero attached hydrogens (tertiary/aromatic N) is 1. The van der Waals surface area contributed by atoms with Crippen LogP contribution in [0.1, 0.15) is 43.0 Å². The molecule has 1 aliphatic rings. The molecule has 3 rings (SSSR count). The molecule has 158 valence electrons. The number of methoxy groups -OCH3 is 1. The molecule has 4 amide bonds. The number of hydrogen-bond acceptors (Lipinski definition) is 4. The van der Waals surface area contributed by atoms with E-state index in [0.29, 0.717) is 17.7 Å². The van der Waals surface area contributed by atoms with E-state index in [1.54, 1.807) is 19.2 Å². The second-order valence-corrected chi connectivity index (χ2v) is 7.48. The first kappa shape index (κ1) is 21.4. The number of ether oxygens (including phenoxy) is 1. The van der Waals surface area contributed by atoms with E-state index in [1.807, 2.05) is 57.2 Å². The summed E-state index contributed by atoms with van der Waals surface area (Å²) in [7, 11) is 1.57. The van der Waals surface area contributed by atoms with E-state index in [4.69, 9.17) is 4.74 Å². The molecular weight excluding hydrogens is 382 g/mol. The Labute approximate surface area is 176 Å². The molecule has 2 unspecified atom stereocenters. The molecule has 0 spiro atoms. The molecule has 7 heteroatoms. The first-order valence-corrected chi connectivity index (χ1v) is 9.96. The Balaban J connectivity index is 1.75. The van der Waals surface area contributed by atoms with Crippen LogP contribution in [0.3, 0.4) is 0 Å². The van der Waals surface area contributed by atoms with Gasteiger partial charge in [-0.3, -0.25) is 14.5 Å². The van der Waals surface area contributed by atoms with Crippen molar-refractivity contribution in [2.75, 3.05) is 13.7 Å². The number of hydrogen-bond donors (Lipinski definition) is 2. The third-order valence-electron chi connectivity index (χ3n) is 5.50. The number of rotatable bonds is 7. The first-order chi connectivity index (χ1) is 14.3. The first-order valence-electron chi connectivity index (χ1n) is 9.96. The lowest BCUT2D eigenvalue weighted by Crippen LogP contribution is -2.45. The van der Waals surface area contributed by atoms with Crippen molar-refractivity contribution >= 4 is 17.8 Å². The lowest BCUT2D eigenvalue weighted by molar-refractivity contribution is -0.135. The molecular formula is C23H27N3O4. The molecule has 1 heterocycles. The fourth-order valence-corrected chi connectivity index (χ4v) is 3.83. The standard InChI is InChI=1S/C23H27N3O4/c1-5-23(17-9-7-6-8-10-17)21(28)26(22(29)25-23)14-20(27)24-16(3)18-13-15(2)11-12-19(18)30-4/h6-13,16H,5,14H2,1-4H3,(H,24,27)(H,25,29). The molecule has 2 aromatic rings. The van der Waals surface area contributed by atoms with Crippen LogP contribution in [0, 0.1) is 6.92 Å². The highest BCUT2D eigenvalue weighted by atomic mass is 16.5. The van der Waals surface area contributed by atoms with Crippen molar-refractivity contribution in [3.63, 3.8) is 0 Å². The molecule has 0 saturated carbocycles. The fourth-order valence-electron chi connectivity index (χ4n) is 3.83. The fraction of sp³-hybridized carbons (Fsp3) is 0.348. The molecule has 1 aliphatic heterocycles. The molecule has 0 bridgehead atoms. The van der Waals surface area contributed by atoms with Gasteiger partial charge in [0.25, 0.3) is 5.91 Å². The largest absolute Gasteiger partial charge is 0.496 e. The highest BCUT2D eigenvalue weighted by molar-refractivity contribution is 6.09. The zero-order chi connectivity index (χ0) is 21.9. The summed E-state index contributed by atoms with van der Waals surface area (Å²) in [6.45, 7) is 5.28. The van der Waals surface area contributed by atoms with Gasteiger partial charge in [-0.2, -0.15) is 0 Å². The van der Waals surface area contributed by atoms with Gasteiger partial charge in [-0.1, -0.05) is 55.0 Å². The number of urea groups is 1. The summed E-state index contributed by atoms with van der Waals surface area (Å²) < 4.78 is 5.38. The summed E-state index contributed by atoms with van der Waals surface area (Å²) in [6, 6.07) is 13.9. The highest BCUT2D eigenvalue weighted by Crippen LogP contribution is 2.32. The molecule has 30 heavy (non-hydrogen) atoms. The van der Waals surface area contributed by atoms with E-state index in [0.717, 1.165) is 16.0 Å². The number of aryl methyl sites for hydroxylation is 1. The van der Waals surface area contributed by atoms with Crippen molar-refractivity contribution in [2.45, 2.75) is 38.8 Å². The molecule has 2 aromatic carbocycles. The summed E-state index contributed by atoms with van der Waals surface area (Å²) in [5, 5.41) is 5.65. The quantitative estimate of drug-likeness (QED) is 0.688. The Morgan fingerprint density at radius 2 is 1.90 bits per heavy atom. The second kappa shape index (κ2) is 8.57. The minimum atomic E-state index is -1.15. The van der Waals surface area contributed by atoms with Gasteiger partial charge < -0.3 is 15.4 Å². The monoisotopic (exact) mass is 409 g/mol. The average molecular weight is 409 g/mol. The molecule has 0 radical (unpaired) electrons. The zero-order valence-electron chi connectivity index (χ0n) is 17.7. The van der Waals surface area contributed by atoms with Crippen LogP contribution in [-0.2, 0) is 15.1 Å². The van der Waals surface area contributed by atoms with E-state index in [9.17, 15) is 14.4 Å². The Kier molecular flexibility index (Phi) is 6.10. The SMILES string of the molecule is CCC1(c2ccccc2)NC(=O)N(CC(=O)NC(C)c2cc(C)ccc2OC)C1=O. The minimum Gasteiger partial charge on any atom is -0.496 e. The molecule has 7 nitrogen and oxygen atoms in total. The number of carbonyl (C=O) groups is 3. The van der Waals surface area contributed by atoms with E-state index >= 15 is 0 Å². The predicted molar refractivity (Wildman–Crippen MR) is 113 cm³/mol.